The van der Waals surface area contributed by atoms with E-state index < -0.39 is 5.97 Å². The number of ether oxygens (including phenoxy) is 1. The first-order valence-corrected chi connectivity index (χ1v) is 4.77. The predicted molar refractivity (Wildman–Crippen MR) is 61.5 cm³/mol. The van der Waals surface area contributed by atoms with Crippen LogP contribution in [0.15, 0.2) is 30.5 Å². The quantitative estimate of drug-likeness (QED) is 0.775. The van der Waals surface area contributed by atoms with Crippen molar-refractivity contribution in [1.29, 1.82) is 0 Å². The van der Waals surface area contributed by atoms with Crippen molar-refractivity contribution in [1.82, 2.24) is 4.98 Å². The lowest BCUT2D eigenvalue weighted by molar-refractivity contribution is -0.131. The third kappa shape index (κ3) is 1.91. The van der Waals surface area contributed by atoms with E-state index in [0.717, 1.165) is 28.3 Å². The monoisotopic (exact) mass is 217 g/mol. The van der Waals surface area contributed by atoms with Crippen molar-refractivity contribution in [3.05, 3.63) is 36.0 Å². The van der Waals surface area contributed by atoms with Crippen LogP contribution in [0.5, 0.6) is 5.75 Å². The van der Waals surface area contributed by atoms with Gasteiger partial charge in [0.2, 0.25) is 0 Å². The van der Waals surface area contributed by atoms with Crippen LogP contribution in [0.1, 0.15) is 5.56 Å². The van der Waals surface area contributed by atoms with E-state index >= 15 is 0 Å². The van der Waals surface area contributed by atoms with Gasteiger partial charge in [-0.25, -0.2) is 4.79 Å². The lowest BCUT2D eigenvalue weighted by Gasteiger charge is -1.98. The van der Waals surface area contributed by atoms with Gasteiger partial charge >= 0.3 is 5.97 Å². The number of hydrogen-bond acceptors (Lipinski definition) is 2. The number of aromatic nitrogens is 1. The number of fused-ring (bicyclic) bond motifs is 1. The number of benzene rings is 1. The van der Waals surface area contributed by atoms with Crippen LogP contribution in [0.25, 0.3) is 17.0 Å². The molecule has 0 saturated carbocycles. The molecule has 2 N–H and O–H groups in total. The van der Waals surface area contributed by atoms with E-state index in [0.29, 0.717) is 0 Å². The molecule has 2 aromatic rings. The summed E-state index contributed by atoms with van der Waals surface area (Å²) in [6, 6.07) is 5.61. The number of nitrogens with one attached hydrogen (secondary N) is 1. The number of hydrogen-bond donors (Lipinski definition) is 2. The van der Waals surface area contributed by atoms with E-state index in [1.54, 1.807) is 19.4 Å². The Hall–Kier alpha value is -2.23. The SMILES string of the molecule is COc1ccc2c(C=CC(=O)O)c[nH]c2c1. The topological polar surface area (TPSA) is 62.3 Å². The minimum Gasteiger partial charge on any atom is -0.497 e. The van der Waals surface area contributed by atoms with Crippen LogP contribution in [0.3, 0.4) is 0 Å². The maximum Gasteiger partial charge on any atom is 0.328 e. The zero-order chi connectivity index (χ0) is 11.5. The number of H-pyrrole nitrogens is 1. The maximum atomic E-state index is 10.4. The second kappa shape index (κ2) is 4.10. The van der Waals surface area contributed by atoms with Crippen molar-refractivity contribution in [3.63, 3.8) is 0 Å². The summed E-state index contributed by atoms with van der Waals surface area (Å²) in [7, 11) is 1.61. The highest BCUT2D eigenvalue weighted by Gasteiger charge is 2.02. The summed E-state index contributed by atoms with van der Waals surface area (Å²) in [6.45, 7) is 0. The molecule has 0 spiro atoms. The molecule has 0 bridgehead atoms. The Bertz CT molecular complexity index is 554. The van der Waals surface area contributed by atoms with E-state index in [-0.39, 0.29) is 0 Å². The lowest BCUT2D eigenvalue weighted by Crippen LogP contribution is -1.85. The standard InChI is InChI=1S/C12H11NO3/c1-16-9-3-4-10-8(2-5-12(14)15)7-13-11(10)6-9/h2-7,13H,1H3,(H,14,15). The van der Waals surface area contributed by atoms with Gasteiger partial charge in [-0.1, -0.05) is 0 Å². The van der Waals surface area contributed by atoms with Crippen LogP contribution >= 0.6 is 0 Å². The van der Waals surface area contributed by atoms with Crippen molar-refractivity contribution in [2.24, 2.45) is 0 Å². The molecule has 0 aliphatic heterocycles. The van der Waals surface area contributed by atoms with Gasteiger partial charge in [-0.2, -0.15) is 0 Å². The molecule has 1 aromatic heterocycles. The molecule has 0 fully saturated rings. The van der Waals surface area contributed by atoms with Gasteiger partial charge in [-0.15, -0.1) is 0 Å². The third-order valence-electron chi connectivity index (χ3n) is 2.33. The zero-order valence-electron chi connectivity index (χ0n) is 8.73. The minimum absolute atomic E-state index is 0.767. The second-order valence-electron chi connectivity index (χ2n) is 3.33. The van der Waals surface area contributed by atoms with Gasteiger partial charge in [0.15, 0.2) is 0 Å². The van der Waals surface area contributed by atoms with Crippen LogP contribution in [-0.2, 0) is 4.79 Å². The van der Waals surface area contributed by atoms with E-state index in [1.165, 1.54) is 0 Å². The molecule has 2 rings (SSSR count). The Kier molecular flexibility index (Phi) is 2.64. The summed E-state index contributed by atoms with van der Waals surface area (Å²) >= 11 is 0. The molecule has 0 aliphatic rings. The summed E-state index contributed by atoms with van der Waals surface area (Å²) in [5, 5.41) is 9.52. The number of carboxylic acid groups (broad SMARTS) is 1. The average Bonchev–Trinajstić information content (AvgIpc) is 2.68. The van der Waals surface area contributed by atoms with Gasteiger partial charge in [-0.3, -0.25) is 0 Å². The smallest absolute Gasteiger partial charge is 0.328 e. The third-order valence-corrected chi connectivity index (χ3v) is 2.33. The predicted octanol–water partition coefficient (Wildman–Crippen LogP) is 2.27. The van der Waals surface area contributed by atoms with E-state index in [1.807, 2.05) is 18.2 Å². The highest BCUT2D eigenvalue weighted by molar-refractivity contribution is 5.93. The summed E-state index contributed by atoms with van der Waals surface area (Å²) in [5.41, 5.74) is 1.77. The Morgan fingerprint density at radius 2 is 2.31 bits per heavy atom. The molecule has 82 valence electrons. The molecule has 0 amide bonds. The van der Waals surface area contributed by atoms with Gasteiger partial charge < -0.3 is 14.8 Å². The van der Waals surface area contributed by atoms with Crippen molar-refractivity contribution >= 4 is 22.9 Å². The summed E-state index contributed by atoms with van der Waals surface area (Å²) in [6.07, 6.45) is 4.45. The largest absolute Gasteiger partial charge is 0.497 e. The maximum absolute atomic E-state index is 10.4. The van der Waals surface area contributed by atoms with Gasteiger partial charge in [-0.05, 0) is 18.2 Å². The summed E-state index contributed by atoms with van der Waals surface area (Å²) in [5.74, 6) is -0.189. The lowest BCUT2D eigenvalue weighted by atomic mass is 10.1. The highest BCUT2D eigenvalue weighted by Crippen LogP contribution is 2.23. The molecular weight excluding hydrogens is 206 g/mol. The van der Waals surface area contributed by atoms with Crippen LogP contribution < -0.4 is 4.74 Å². The van der Waals surface area contributed by atoms with E-state index in [2.05, 4.69) is 4.98 Å². The molecule has 4 nitrogen and oxygen atoms in total. The molecule has 0 aliphatic carbocycles. The Balaban J connectivity index is 2.45. The normalized spacial score (nSPS) is 11.1. The molecule has 0 unspecified atom stereocenters. The molecular formula is C12H11NO3. The fraction of sp³-hybridized carbons (Fsp3) is 0.0833. The van der Waals surface area contributed by atoms with Crippen LogP contribution in [0.2, 0.25) is 0 Å². The van der Waals surface area contributed by atoms with Crippen molar-refractivity contribution in [2.45, 2.75) is 0 Å². The fourth-order valence-corrected chi connectivity index (χ4v) is 1.55. The van der Waals surface area contributed by atoms with Gasteiger partial charge in [0, 0.05) is 34.8 Å². The van der Waals surface area contributed by atoms with Gasteiger partial charge in [0.05, 0.1) is 7.11 Å². The van der Waals surface area contributed by atoms with E-state index in [9.17, 15) is 4.79 Å². The van der Waals surface area contributed by atoms with Gasteiger partial charge in [0.25, 0.3) is 0 Å². The van der Waals surface area contributed by atoms with Crippen molar-refractivity contribution in [2.75, 3.05) is 7.11 Å². The van der Waals surface area contributed by atoms with Crippen LogP contribution in [0, 0.1) is 0 Å². The van der Waals surface area contributed by atoms with Crippen LogP contribution in [-0.4, -0.2) is 23.2 Å². The Labute approximate surface area is 92.2 Å². The summed E-state index contributed by atoms with van der Waals surface area (Å²) < 4.78 is 5.10. The number of aromatic amines is 1. The number of methoxy groups -OCH3 is 1. The first-order valence-electron chi connectivity index (χ1n) is 4.77. The number of rotatable bonds is 3. The van der Waals surface area contributed by atoms with Crippen molar-refractivity contribution < 1.29 is 14.6 Å². The molecule has 1 aromatic carbocycles. The Morgan fingerprint density at radius 1 is 1.50 bits per heavy atom. The second-order valence-corrected chi connectivity index (χ2v) is 3.33. The molecule has 1 heterocycles. The first kappa shape index (κ1) is 10.3. The molecule has 16 heavy (non-hydrogen) atoms. The average molecular weight is 217 g/mol. The zero-order valence-corrected chi connectivity index (χ0v) is 8.73. The number of carboxylic acids is 1. The summed E-state index contributed by atoms with van der Waals surface area (Å²) in [4.78, 5) is 13.5. The molecule has 0 saturated heterocycles. The number of aliphatic carboxylic acids is 1. The first-order chi connectivity index (χ1) is 7.70. The van der Waals surface area contributed by atoms with Crippen molar-refractivity contribution in [3.8, 4) is 5.75 Å². The molecule has 0 atom stereocenters. The van der Waals surface area contributed by atoms with Gasteiger partial charge in [0.1, 0.15) is 5.75 Å². The molecule has 0 radical (unpaired) electrons. The van der Waals surface area contributed by atoms with Crippen LogP contribution in [0.4, 0.5) is 0 Å². The Morgan fingerprint density at radius 3 is 3.00 bits per heavy atom. The molecule has 4 heteroatoms. The minimum atomic E-state index is -0.956. The highest BCUT2D eigenvalue weighted by atomic mass is 16.5. The fourth-order valence-electron chi connectivity index (χ4n) is 1.55. The number of carbonyl (C=O) groups is 1. The van der Waals surface area contributed by atoms with E-state index in [4.69, 9.17) is 9.84 Å².